The van der Waals surface area contributed by atoms with E-state index < -0.39 is 6.35 Å². The number of aliphatic hydroxyl groups excluding tert-OH is 1. The molecular weight excluding hydrogens is 583 g/mol. The molecule has 0 bridgehead atoms. The van der Waals surface area contributed by atoms with Crippen molar-refractivity contribution >= 4 is 57.9 Å². The van der Waals surface area contributed by atoms with Crippen LogP contribution >= 0.6 is 23.2 Å². The summed E-state index contributed by atoms with van der Waals surface area (Å²) >= 11 is 13.3. The molecule has 0 aliphatic carbocycles. The lowest BCUT2D eigenvalue weighted by atomic mass is 10.1. The van der Waals surface area contributed by atoms with Gasteiger partial charge in [-0.25, -0.2) is 4.98 Å². The lowest BCUT2D eigenvalue weighted by molar-refractivity contribution is -0.111. The van der Waals surface area contributed by atoms with Crippen molar-refractivity contribution in [1.29, 1.82) is 0 Å². The maximum Gasteiger partial charge on any atom is 0.247 e. The third-order valence-corrected chi connectivity index (χ3v) is 7.46. The summed E-state index contributed by atoms with van der Waals surface area (Å²) in [5.41, 5.74) is 3.86. The first kappa shape index (κ1) is 29.0. The van der Waals surface area contributed by atoms with E-state index in [1.165, 1.54) is 20.3 Å². The van der Waals surface area contributed by atoms with E-state index in [4.69, 9.17) is 32.7 Å². The number of benzene rings is 2. The van der Waals surface area contributed by atoms with Gasteiger partial charge in [-0.3, -0.25) is 9.48 Å². The number of anilines is 5. The molecule has 0 fully saturated rings. The van der Waals surface area contributed by atoms with Gasteiger partial charge in [-0.15, -0.1) is 0 Å². The van der Waals surface area contributed by atoms with Crippen LogP contribution in [0.3, 0.4) is 0 Å². The number of carbonyl (C=O) groups is 1. The van der Waals surface area contributed by atoms with Gasteiger partial charge < -0.3 is 35.0 Å². The molecule has 0 saturated heterocycles. The molecule has 2 aromatic heterocycles. The molecule has 2 aromatic carbocycles. The monoisotopic (exact) mass is 610 g/mol. The number of halogens is 2. The van der Waals surface area contributed by atoms with E-state index in [2.05, 4.69) is 32.3 Å². The summed E-state index contributed by atoms with van der Waals surface area (Å²) in [5.74, 6) is 1.05. The molecule has 0 radical (unpaired) electrons. The van der Waals surface area contributed by atoms with Crippen molar-refractivity contribution in [3.8, 4) is 22.6 Å². The molecule has 0 saturated carbocycles. The average Bonchev–Trinajstić information content (AvgIpc) is 3.43. The summed E-state index contributed by atoms with van der Waals surface area (Å²) < 4.78 is 12.5. The number of methoxy groups -OCH3 is 2. The molecule has 42 heavy (non-hydrogen) atoms. The number of nitrogens with one attached hydrogen (secondary N) is 2. The first-order chi connectivity index (χ1) is 20.1. The first-order valence-electron chi connectivity index (χ1n) is 12.6. The van der Waals surface area contributed by atoms with Crippen molar-refractivity contribution in [1.82, 2.24) is 19.7 Å². The average molecular weight is 611 g/mol. The lowest BCUT2D eigenvalue weighted by Gasteiger charge is -2.42. The highest BCUT2D eigenvalue weighted by molar-refractivity contribution is 6.41. The minimum absolute atomic E-state index is 0.189. The highest BCUT2D eigenvalue weighted by Crippen LogP contribution is 2.48. The van der Waals surface area contributed by atoms with E-state index >= 15 is 0 Å². The molecule has 1 amide bonds. The van der Waals surface area contributed by atoms with E-state index in [1.54, 1.807) is 46.1 Å². The van der Waals surface area contributed by atoms with Crippen LogP contribution in [0.25, 0.3) is 11.1 Å². The van der Waals surface area contributed by atoms with Crippen molar-refractivity contribution in [3.05, 3.63) is 71.1 Å². The van der Waals surface area contributed by atoms with Crippen LogP contribution in [0.2, 0.25) is 10.0 Å². The van der Waals surface area contributed by atoms with Gasteiger partial charge in [-0.1, -0.05) is 35.8 Å². The molecule has 3 heterocycles. The van der Waals surface area contributed by atoms with Crippen LogP contribution in [0, 0.1) is 0 Å². The van der Waals surface area contributed by atoms with Crippen LogP contribution in [-0.4, -0.2) is 58.4 Å². The van der Waals surface area contributed by atoms with Gasteiger partial charge in [0.25, 0.3) is 0 Å². The molecule has 218 valence electrons. The van der Waals surface area contributed by atoms with Crippen molar-refractivity contribution in [2.24, 2.45) is 7.05 Å². The SMILES string of the molecule is C=CC(=O)Nc1ccc(-c2cnn(C)c2)cc1Nc1ncc2c(n1)N(C)C(O)N(c1c(Cl)c(OC)cc(OC)c1Cl)C2. The van der Waals surface area contributed by atoms with E-state index in [9.17, 15) is 9.90 Å². The molecule has 0 spiro atoms. The number of hydrogen-bond acceptors (Lipinski definition) is 10. The molecule has 1 aliphatic rings. The number of aliphatic hydroxyl groups is 1. The number of rotatable bonds is 8. The van der Waals surface area contributed by atoms with E-state index in [-0.39, 0.29) is 28.4 Å². The molecule has 1 unspecified atom stereocenters. The Bertz CT molecular complexity index is 1650. The highest BCUT2D eigenvalue weighted by atomic mass is 35.5. The second-order valence-corrected chi connectivity index (χ2v) is 10.1. The molecule has 12 nitrogen and oxygen atoms in total. The summed E-state index contributed by atoms with van der Waals surface area (Å²) in [5, 5.41) is 22.0. The van der Waals surface area contributed by atoms with Gasteiger partial charge >= 0.3 is 0 Å². The minimum Gasteiger partial charge on any atom is -0.495 e. The van der Waals surface area contributed by atoms with Gasteiger partial charge in [0.2, 0.25) is 18.2 Å². The van der Waals surface area contributed by atoms with E-state index in [0.717, 1.165) is 11.1 Å². The van der Waals surface area contributed by atoms with E-state index in [0.29, 0.717) is 39.9 Å². The fourth-order valence-corrected chi connectivity index (χ4v) is 5.31. The Morgan fingerprint density at radius 1 is 1.10 bits per heavy atom. The number of amides is 1. The Morgan fingerprint density at radius 3 is 2.43 bits per heavy atom. The standard InChI is InChI=1S/C28H28Cl2N8O4/c1-6-22(39)33-18-8-7-15(16-12-32-36(2)13-16)9-19(18)34-27-31-11-17-14-38(28(40)37(3)26(17)35-27)25-23(29)20(41-4)10-21(42-5)24(25)30/h6-13,28,40H,1,14H2,2-5H3,(H,33,39)(H,31,34,35). The maximum atomic E-state index is 12.1. The van der Waals surface area contributed by atoms with Crippen LogP contribution in [0.15, 0.2) is 55.5 Å². The molecular formula is C28H28Cl2N8O4. The zero-order chi connectivity index (χ0) is 30.1. The van der Waals surface area contributed by atoms with Crippen molar-refractivity contribution in [2.45, 2.75) is 12.9 Å². The molecule has 1 atom stereocenters. The smallest absolute Gasteiger partial charge is 0.247 e. The summed E-state index contributed by atoms with van der Waals surface area (Å²) in [6.45, 7) is 3.72. The molecule has 1 aliphatic heterocycles. The Balaban J connectivity index is 1.50. The van der Waals surface area contributed by atoms with Gasteiger partial charge in [-0.05, 0) is 23.8 Å². The highest BCUT2D eigenvalue weighted by Gasteiger charge is 2.34. The van der Waals surface area contributed by atoms with Gasteiger partial charge in [0.05, 0.1) is 44.0 Å². The molecule has 14 heteroatoms. The van der Waals surface area contributed by atoms with Crippen LogP contribution in [0.1, 0.15) is 5.56 Å². The topological polar surface area (TPSA) is 130 Å². The zero-order valence-corrected chi connectivity index (χ0v) is 24.7. The Kier molecular flexibility index (Phi) is 8.12. The number of nitrogens with zero attached hydrogens (tertiary/aromatic N) is 6. The summed E-state index contributed by atoms with van der Waals surface area (Å²) in [4.78, 5) is 24.5. The third-order valence-electron chi connectivity index (χ3n) is 6.73. The third kappa shape index (κ3) is 5.39. The van der Waals surface area contributed by atoms with Gasteiger partial charge in [0.15, 0.2) is 0 Å². The second-order valence-electron chi connectivity index (χ2n) is 9.37. The predicted molar refractivity (Wildman–Crippen MR) is 163 cm³/mol. The molecule has 4 aromatic rings. The summed E-state index contributed by atoms with van der Waals surface area (Å²) in [6, 6.07) is 7.09. The summed E-state index contributed by atoms with van der Waals surface area (Å²) in [6.07, 6.45) is 5.27. The van der Waals surface area contributed by atoms with Crippen LogP contribution in [-0.2, 0) is 18.4 Å². The number of aryl methyl sites for hydroxylation is 1. The second kappa shape index (κ2) is 11.8. The maximum absolute atomic E-state index is 12.1. The van der Waals surface area contributed by atoms with Crippen molar-refractivity contribution in [3.63, 3.8) is 0 Å². The van der Waals surface area contributed by atoms with Gasteiger partial charge in [0.1, 0.15) is 27.4 Å². The Hall–Kier alpha value is -4.52. The fraction of sp³-hybridized carbons (Fsp3) is 0.214. The number of fused-ring (bicyclic) bond motifs is 1. The largest absolute Gasteiger partial charge is 0.495 e. The van der Waals surface area contributed by atoms with Crippen molar-refractivity contribution < 1.29 is 19.4 Å². The minimum atomic E-state index is -1.19. The molecule has 5 rings (SSSR count). The number of carbonyl (C=O) groups excluding carboxylic acids is 1. The van der Waals surface area contributed by atoms with Crippen molar-refractivity contribution in [2.75, 3.05) is 41.7 Å². The lowest BCUT2D eigenvalue weighted by Crippen LogP contribution is -2.51. The molecule has 3 N–H and O–H groups in total. The van der Waals surface area contributed by atoms with Crippen LogP contribution < -0.4 is 29.9 Å². The normalized spacial score (nSPS) is 14.3. The fourth-order valence-electron chi connectivity index (χ4n) is 4.59. The quantitative estimate of drug-likeness (QED) is 0.239. The van der Waals surface area contributed by atoms with Gasteiger partial charge in [-0.2, -0.15) is 10.1 Å². The summed E-state index contributed by atoms with van der Waals surface area (Å²) in [7, 11) is 6.48. The van der Waals surface area contributed by atoms with Crippen LogP contribution in [0.4, 0.5) is 28.8 Å². The predicted octanol–water partition coefficient (Wildman–Crippen LogP) is 4.80. The Labute approximate surface area is 252 Å². The zero-order valence-electron chi connectivity index (χ0n) is 23.2. The van der Waals surface area contributed by atoms with Crippen LogP contribution in [0.5, 0.6) is 11.5 Å². The number of aromatic nitrogens is 4. The number of hydrogen-bond donors (Lipinski definition) is 3. The Morgan fingerprint density at radius 2 is 1.81 bits per heavy atom. The number of ether oxygens (including phenoxy) is 2. The first-order valence-corrected chi connectivity index (χ1v) is 13.4. The van der Waals surface area contributed by atoms with E-state index in [1.807, 2.05) is 25.4 Å². The van der Waals surface area contributed by atoms with Gasteiger partial charge in [0, 0.05) is 43.7 Å².